The summed E-state index contributed by atoms with van der Waals surface area (Å²) in [6, 6.07) is 13.7. The van der Waals surface area contributed by atoms with Gasteiger partial charge in [0, 0.05) is 17.3 Å². The van der Waals surface area contributed by atoms with Crippen LogP contribution in [0.4, 0.5) is 17.1 Å². The van der Waals surface area contributed by atoms with E-state index in [4.69, 9.17) is 5.73 Å². The molecule has 5 nitrogen and oxygen atoms in total. The fraction of sp³-hybridized carbons (Fsp3) is 0.350. The number of nitrogen functional groups attached to an aromatic ring is 1. The maximum absolute atomic E-state index is 12.7. The lowest BCUT2D eigenvalue weighted by molar-refractivity contribution is 0.102. The van der Waals surface area contributed by atoms with Crippen molar-refractivity contribution in [1.29, 1.82) is 0 Å². The van der Waals surface area contributed by atoms with Crippen LogP contribution < -0.4 is 16.4 Å². The average molecular weight is 411 g/mol. The van der Waals surface area contributed by atoms with Crippen LogP contribution in [0.25, 0.3) is 0 Å². The number of likely N-dealkylation sites (tertiary alicyclic amines) is 1. The molecule has 2 aromatic rings. The molecule has 7 heteroatoms. The fourth-order valence-electron chi connectivity index (χ4n) is 3.16. The van der Waals surface area contributed by atoms with E-state index in [0.717, 1.165) is 42.9 Å². The highest BCUT2D eigenvalue weighted by molar-refractivity contribution is 6.07. The molecule has 0 bridgehead atoms. The monoisotopic (exact) mass is 410 g/mol. The Morgan fingerprint density at radius 1 is 1.07 bits per heavy atom. The Hall–Kier alpha value is -1.95. The Bertz CT molecular complexity index is 761. The maximum Gasteiger partial charge on any atom is 0.256 e. The van der Waals surface area contributed by atoms with Gasteiger partial charge < -0.3 is 21.3 Å². The summed E-state index contributed by atoms with van der Waals surface area (Å²) >= 11 is 0. The second kappa shape index (κ2) is 10.4. The van der Waals surface area contributed by atoms with E-state index in [0.29, 0.717) is 17.3 Å². The molecule has 2 aromatic carbocycles. The van der Waals surface area contributed by atoms with Crippen molar-refractivity contribution in [3.63, 3.8) is 0 Å². The molecule has 148 valence electrons. The van der Waals surface area contributed by atoms with Crippen LogP contribution in [0.15, 0.2) is 42.5 Å². The van der Waals surface area contributed by atoms with Crippen LogP contribution >= 0.6 is 24.8 Å². The van der Waals surface area contributed by atoms with Gasteiger partial charge in [-0.2, -0.15) is 0 Å². The first kappa shape index (κ1) is 23.1. The predicted molar refractivity (Wildman–Crippen MR) is 119 cm³/mol. The van der Waals surface area contributed by atoms with E-state index in [-0.39, 0.29) is 30.7 Å². The lowest BCUT2D eigenvalue weighted by Gasteiger charge is -2.30. The summed E-state index contributed by atoms with van der Waals surface area (Å²) < 4.78 is 0. The number of halogens is 2. The third kappa shape index (κ3) is 6.03. The molecule has 1 aliphatic heterocycles. The first-order valence-electron chi connectivity index (χ1n) is 8.74. The van der Waals surface area contributed by atoms with Crippen LogP contribution in [-0.4, -0.2) is 37.0 Å². The van der Waals surface area contributed by atoms with Crippen molar-refractivity contribution < 1.29 is 4.79 Å². The molecule has 1 amide bonds. The first-order chi connectivity index (χ1) is 12.0. The molecule has 3 rings (SSSR count). The van der Waals surface area contributed by atoms with Crippen LogP contribution in [0.5, 0.6) is 0 Å². The second-order valence-electron chi connectivity index (χ2n) is 6.80. The molecule has 4 N–H and O–H groups in total. The number of carbonyl (C=O) groups excluding carboxylic acids is 1. The number of nitrogens with two attached hydrogens (primary N) is 1. The van der Waals surface area contributed by atoms with E-state index >= 15 is 0 Å². The fourth-order valence-corrected chi connectivity index (χ4v) is 3.16. The Morgan fingerprint density at radius 2 is 1.70 bits per heavy atom. The summed E-state index contributed by atoms with van der Waals surface area (Å²) in [5.41, 5.74) is 9.70. The third-order valence-corrected chi connectivity index (χ3v) is 4.76. The molecule has 1 heterocycles. The standard InChI is InChI=1S/C20H26N4O.2ClH/c1-14-7-8-15(21)13-17(14)20(25)23-19-6-4-3-5-18(19)22-16-9-11-24(2)12-10-16;;/h3-8,13,16,22H,9-12,21H2,1-2H3,(H,23,25);2*1H. The Labute approximate surface area is 173 Å². The SMILES string of the molecule is Cc1ccc(N)cc1C(=O)Nc1ccccc1NC1CCN(C)CC1.Cl.Cl. The molecule has 0 spiro atoms. The van der Waals surface area contributed by atoms with Gasteiger partial charge in [-0.15, -0.1) is 24.8 Å². The van der Waals surface area contributed by atoms with Gasteiger partial charge in [-0.25, -0.2) is 0 Å². The van der Waals surface area contributed by atoms with Gasteiger partial charge in [-0.3, -0.25) is 4.79 Å². The zero-order chi connectivity index (χ0) is 17.8. The van der Waals surface area contributed by atoms with Gasteiger partial charge in [0.1, 0.15) is 0 Å². The predicted octanol–water partition coefficient (Wildman–Crippen LogP) is 4.18. The number of benzene rings is 2. The first-order valence-corrected chi connectivity index (χ1v) is 8.74. The van der Waals surface area contributed by atoms with Crippen LogP contribution in [0.2, 0.25) is 0 Å². The van der Waals surface area contributed by atoms with Crippen molar-refractivity contribution in [2.24, 2.45) is 0 Å². The van der Waals surface area contributed by atoms with Crippen molar-refractivity contribution in [2.75, 3.05) is 36.5 Å². The van der Waals surface area contributed by atoms with Crippen LogP contribution in [0.3, 0.4) is 0 Å². The number of aryl methyl sites for hydroxylation is 1. The van der Waals surface area contributed by atoms with Gasteiger partial charge in [-0.05, 0) is 69.7 Å². The highest BCUT2D eigenvalue weighted by Gasteiger charge is 2.18. The number of nitrogens with zero attached hydrogens (tertiary/aromatic N) is 1. The highest BCUT2D eigenvalue weighted by atomic mass is 35.5. The van der Waals surface area contributed by atoms with E-state index in [1.165, 1.54) is 0 Å². The number of anilines is 3. The van der Waals surface area contributed by atoms with Gasteiger partial charge in [0.15, 0.2) is 0 Å². The number of piperidine rings is 1. The minimum Gasteiger partial charge on any atom is -0.399 e. The number of para-hydroxylation sites is 2. The molecule has 1 saturated heterocycles. The number of carbonyl (C=O) groups is 1. The van der Waals surface area contributed by atoms with E-state index < -0.39 is 0 Å². The number of amides is 1. The zero-order valence-electron chi connectivity index (χ0n) is 15.7. The van der Waals surface area contributed by atoms with Gasteiger partial charge in [0.2, 0.25) is 0 Å². The average Bonchev–Trinajstić information content (AvgIpc) is 2.60. The number of hydrogen-bond donors (Lipinski definition) is 3. The minimum absolute atomic E-state index is 0. The number of nitrogens with one attached hydrogen (secondary N) is 2. The van der Waals surface area contributed by atoms with Crippen molar-refractivity contribution in [2.45, 2.75) is 25.8 Å². The van der Waals surface area contributed by atoms with Crippen molar-refractivity contribution in [3.8, 4) is 0 Å². The highest BCUT2D eigenvalue weighted by Crippen LogP contribution is 2.25. The lowest BCUT2D eigenvalue weighted by atomic mass is 10.0. The van der Waals surface area contributed by atoms with E-state index in [1.54, 1.807) is 6.07 Å². The largest absolute Gasteiger partial charge is 0.399 e. The van der Waals surface area contributed by atoms with E-state index in [2.05, 4.69) is 22.6 Å². The third-order valence-electron chi connectivity index (χ3n) is 4.76. The summed E-state index contributed by atoms with van der Waals surface area (Å²) in [6.07, 6.45) is 2.21. The van der Waals surface area contributed by atoms with Crippen molar-refractivity contribution >= 4 is 47.8 Å². The Kier molecular flexibility index (Phi) is 8.89. The summed E-state index contributed by atoms with van der Waals surface area (Å²) in [4.78, 5) is 15.0. The molecule has 0 aliphatic carbocycles. The molecule has 0 saturated carbocycles. The molecule has 0 unspecified atom stereocenters. The number of hydrogen-bond acceptors (Lipinski definition) is 4. The molecule has 27 heavy (non-hydrogen) atoms. The summed E-state index contributed by atoms with van der Waals surface area (Å²) in [5, 5.41) is 6.61. The molecule has 1 fully saturated rings. The smallest absolute Gasteiger partial charge is 0.256 e. The Balaban J connectivity index is 0.00000182. The van der Waals surface area contributed by atoms with Gasteiger partial charge in [0.05, 0.1) is 11.4 Å². The molecule has 0 radical (unpaired) electrons. The summed E-state index contributed by atoms with van der Waals surface area (Å²) in [6.45, 7) is 4.10. The normalized spacial score (nSPS) is 14.6. The Morgan fingerprint density at radius 3 is 2.37 bits per heavy atom. The molecule has 0 atom stereocenters. The van der Waals surface area contributed by atoms with E-state index in [1.807, 2.05) is 43.3 Å². The molecular weight excluding hydrogens is 383 g/mol. The molecular formula is C20H28Cl2N4O. The maximum atomic E-state index is 12.7. The minimum atomic E-state index is -0.137. The van der Waals surface area contributed by atoms with Gasteiger partial charge >= 0.3 is 0 Å². The summed E-state index contributed by atoms with van der Waals surface area (Å²) in [7, 11) is 2.15. The number of rotatable bonds is 4. The van der Waals surface area contributed by atoms with Crippen molar-refractivity contribution in [3.05, 3.63) is 53.6 Å². The van der Waals surface area contributed by atoms with E-state index in [9.17, 15) is 4.79 Å². The zero-order valence-corrected chi connectivity index (χ0v) is 17.3. The second-order valence-corrected chi connectivity index (χ2v) is 6.80. The molecule has 0 aromatic heterocycles. The summed E-state index contributed by atoms with van der Waals surface area (Å²) in [5.74, 6) is -0.137. The van der Waals surface area contributed by atoms with Crippen LogP contribution in [-0.2, 0) is 0 Å². The quantitative estimate of drug-likeness (QED) is 0.661. The van der Waals surface area contributed by atoms with Crippen LogP contribution in [0.1, 0.15) is 28.8 Å². The molecule has 1 aliphatic rings. The topological polar surface area (TPSA) is 70.4 Å². The van der Waals surface area contributed by atoms with Crippen molar-refractivity contribution in [1.82, 2.24) is 4.90 Å². The van der Waals surface area contributed by atoms with Crippen LogP contribution in [0, 0.1) is 6.92 Å². The van der Waals surface area contributed by atoms with Gasteiger partial charge in [0.25, 0.3) is 5.91 Å². The van der Waals surface area contributed by atoms with Gasteiger partial charge in [-0.1, -0.05) is 18.2 Å². The lowest BCUT2D eigenvalue weighted by Crippen LogP contribution is -2.36.